The lowest BCUT2D eigenvalue weighted by molar-refractivity contribution is 0.183. The van der Waals surface area contributed by atoms with E-state index in [2.05, 4.69) is 21.3 Å². The van der Waals surface area contributed by atoms with E-state index in [4.69, 9.17) is 26.3 Å². The van der Waals surface area contributed by atoms with Crippen LogP contribution in [0.2, 0.25) is 5.02 Å². The number of ether oxygens (including phenoxy) is 2. The summed E-state index contributed by atoms with van der Waals surface area (Å²) < 4.78 is 11.2. The Morgan fingerprint density at radius 1 is 1.15 bits per heavy atom. The standard InChI is InChI=1S/C25H27ClN4O3/c1-32-22-14-20(7-5-18(22)15-27)28-16-19-13-17-6-8-21(23(26)24(17)29-25(19)31)33-12-11-30-9-3-2-4-10-30/h5-8,13-14,28H,2-4,9-12,16H2,1H3,(H,29,31). The number of fused-ring (bicyclic) bond motifs is 1. The van der Waals surface area contributed by atoms with Gasteiger partial charge in [0.15, 0.2) is 0 Å². The molecule has 1 aliphatic rings. The molecule has 0 saturated carbocycles. The first-order valence-electron chi connectivity index (χ1n) is 11.1. The van der Waals surface area contributed by atoms with Crippen molar-refractivity contribution < 1.29 is 9.47 Å². The second-order valence-electron chi connectivity index (χ2n) is 8.10. The van der Waals surface area contributed by atoms with Crippen molar-refractivity contribution in [3.63, 3.8) is 0 Å². The van der Waals surface area contributed by atoms with Crippen LogP contribution in [0.1, 0.15) is 30.4 Å². The Morgan fingerprint density at radius 3 is 2.73 bits per heavy atom. The Kier molecular flexibility index (Phi) is 7.38. The molecule has 7 nitrogen and oxygen atoms in total. The molecule has 172 valence electrons. The average molecular weight is 467 g/mol. The van der Waals surface area contributed by atoms with Gasteiger partial charge in [0, 0.05) is 35.8 Å². The van der Waals surface area contributed by atoms with E-state index in [9.17, 15) is 4.79 Å². The number of nitrogens with zero attached hydrogens (tertiary/aromatic N) is 2. The van der Waals surface area contributed by atoms with E-state index < -0.39 is 0 Å². The molecule has 0 bridgehead atoms. The van der Waals surface area contributed by atoms with Crippen LogP contribution in [-0.2, 0) is 6.54 Å². The number of halogens is 1. The molecule has 8 heteroatoms. The number of pyridine rings is 1. The molecule has 4 rings (SSSR count). The van der Waals surface area contributed by atoms with E-state index in [1.807, 2.05) is 18.2 Å². The summed E-state index contributed by atoms with van der Waals surface area (Å²) in [6.45, 7) is 3.98. The van der Waals surface area contributed by atoms with Crippen LogP contribution in [-0.4, -0.2) is 43.2 Å². The van der Waals surface area contributed by atoms with E-state index in [1.165, 1.54) is 26.4 Å². The first kappa shape index (κ1) is 23.0. The van der Waals surface area contributed by atoms with Crippen molar-refractivity contribution in [2.45, 2.75) is 25.8 Å². The smallest absolute Gasteiger partial charge is 0.253 e. The molecule has 1 aromatic heterocycles. The highest BCUT2D eigenvalue weighted by Gasteiger charge is 2.13. The maximum absolute atomic E-state index is 12.7. The molecule has 0 radical (unpaired) electrons. The minimum absolute atomic E-state index is 0.219. The summed E-state index contributed by atoms with van der Waals surface area (Å²) in [5.74, 6) is 1.06. The number of aromatic nitrogens is 1. The van der Waals surface area contributed by atoms with Crippen LogP contribution >= 0.6 is 11.6 Å². The van der Waals surface area contributed by atoms with Gasteiger partial charge in [-0.1, -0.05) is 18.0 Å². The summed E-state index contributed by atoms with van der Waals surface area (Å²) in [7, 11) is 1.52. The zero-order valence-electron chi connectivity index (χ0n) is 18.6. The molecule has 1 fully saturated rings. The second-order valence-corrected chi connectivity index (χ2v) is 8.47. The SMILES string of the molecule is COc1cc(NCc2cc3ccc(OCCN4CCCCC4)c(Cl)c3[nH]c2=O)ccc1C#N. The topological polar surface area (TPSA) is 90.4 Å². The van der Waals surface area contributed by atoms with E-state index in [1.54, 1.807) is 18.2 Å². The predicted octanol–water partition coefficient (Wildman–Crippen LogP) is 4.54. The quantitative estimate of drug-likeness (QED) is 0.506. The number of hydrogen-bond donors (Lipinski definition) is 2. The van der Waals surface area contributed by atoms with Gasteiger partial charge < -0.3 is 19.8 Å². The number of nitrogens with one attached hydrogen (secondary N) is 2. The molecule has 2 N–H and O–H groups in total. The van der Waals surface area contributed by atoms with Gasteiger partial charge in [0.05, 0.1) is 18.2 Å². The molecule has 1 saturated heterocycles. The molecule has 0 amide bonds. The van der Waals surface area contributed by atoms with Crippen LogP contribution < -0.4 is 20.3 Å². The van der Waals surface area contributed by atoms with Crippen molar-refractivity contribution in [3.8, 4) is 17.6 Å². The maximum atomic E-state index is 12.7. The highest BCUT2D eigenvalue weighted by Crippen LogP contribution is 2.31. The maximum Gasteiger partial charge on any atom is 0.253 e. The van der Waals surface area contributed by atoms with Crippen molar-refractivity contribution in [3.05, 3.63) is 62.9 Å². The highest BCUT2D eigenvalue weighted by atomic mass is 35.5. The lowest BCUT2D eigenvalue weighted by Crippen LogP contribution is -2.33. The fraction of sp³-hybridized carbons (Fsp3) is 0.360. The molecule has 0 aliphatic carbocycles. The minimum atomic E-state index is -0.219. The first-order valence-corrected chi connectivity index (χ1v) is 11.5. The number of likely N-dealkylation sites (tertiary alicyclic amines) is 1. The fourth-order valence-corrected chi connectivity index (χ4v) is 4.34. The molecule has 2 aromatic carbocycles. The summed E-state index contributed by atoms with van der Waals surface area (Å²) in [6, 6.07) is 12.9. The summed E-state index contributed by atoms with van der Waals surface area (Å²) >= 11 is 6.56. The molecular weight excluding hydrogens is 440 g/mol. The molecule has 1 aliphatic heterocycles. The number of anilines is 1. The van der Waals surface area contributed by atoms with Gasteiger partial charge in [0.1, 0.15) is 29.2 Å². The van der Waals surface area contributed by atoms with Crippen LogP contribution in [0.4, 0.5) is 5.69 Å². The average Bonchev–Trinajstić information content (AvgIpc) is 2.85. The number of methoxy groups -OCH3 is 1. The number of aromatic amines is 1. The van der Waals surface area contributed by atoms with Crippen molar-refractivity contribution in [1.29, 1.82) is 5.26 Å². The predicted molar refractivity (Wildman–Crippen MR) is 130 cm³/mol. The number of rotatable bonds is 8. The highest BCUT2D eigenvalue weighted by molar-refractivity contribution is 6.36. The van der Waals surface area contributed by atoms with Crippen molar-refractivity contribution in [2.75, 3.05) is 38.7 Å². The van der Waals surface area contributed by atoms with Gasteiger partial charge >= 0.3 is 0 Å². The number of hydrogen-bond acceptors (Lipinski definition) is 6. The van der Waals surface area contributed by atoms with E-state index in [0.717, 1.165) is 30.7 Å². The van der Waals surface area contributed by atoms with Crippen molar-refractivity contribution in [1.82, 2.24) is 9.88 Å². The van der Waals surface area contributed by atoms with E-state index in [0.29, 0.717) is 46.3 Å². The zero-order chi connectivity index (χ0) is 23.2. The van der Waals surface area contributed by atoms with Crippen LogP contribution in [0.15, 0.2) is 41.2 Å². The fourth-order valence-electron chi connectivity index (χ4n) is 4.07. The Bertz CT molecular complexity index is 1230. The number of benzene rings is 2. The van der Waals surface area contributed by atoms with Gasteiger partial charge in [0.25, 0.3) is 5.56 Å². The molecular formula is C25H27ClN4O3. The summed E-state index contributed by atoms with van der Waals surface area (Å²) in [4.78, 5) is 18.0. The molecule has 3 aromatic rings. The van der Waals surface area contributed by atoms with Gasteiger partial charge in [-0.2, -0.15) is 5.26 Å². The molecule has 0 unspecified atom stereocenters. The molecule has 0 atom stereocenters. The molecule has 2 heterocycles. The van der Waals surface area contributed by atoms with E-state index >= 15 is 0 Å². The van der Waals surface area contributed by atoms with Crippen LogP contribution in [0.5, 0.6) is 11.5 Å². The van der Waals surface area contributed by atoms with Crippen LogP contribution in [0.25, 0.3) is 10.9 Å². The summed E-state index contributed by atoms with van der Waals surface area (Å²) in [5, 5.41) is 13.6. The zero-order valence-corrected chi connectivity index (χ0v) is 19.4. The Balaban J connectivity index is 1.45. The van der Waals surface area contributed by atoms with Crippen LogP contribution in [0.3, 0.4) is 0 Å². The number of H-pyrrole nitrogens is 1. The lowest BCUT2D eigenvalue weighted by atomic mass is 10.1. The molecule has 33 heavy (non-hydrogen) atoms. The van der Waals surface area contributed by atoms with Gasteiger partial charge in [-0.05, 0) is 56.3 Å². The Morgan fingerprint density at radius 2 is 1.97 bits per heavy atom. The monoisotopic (exact) mass is 466 g/mol. The lowest BCUT2D eigenvalue weighted by Gasteiger charge is -2.26. The minimum Gasteiger partial charge on any atom is -0.495 e. The Hall–Kier alpha value is -3.21. The van der Waals surface area contributed by atoms with Crippen LogP contribution in [0, 0.1) is 11.3 Å². The summed E-state index contributed by atoms with van der Waals surface area (Å²) in [6.07, 6.45) is 3.79. The third-order valence-electron chi connectivity index (χ3n) is 5.92. The normalized spacial score (nSPS) is 14.1. The second kappa shape index (κ2) is 10.6. The Labute approximate surface area is 197 Å². The number of nitriles is 1. The van der Waals surface area contributed by atoms with Gasteiger partial charge in [0.2, 0.25) is 0 Å². The third-order valence-corrected chi connectivity index (χ3v) is 6.29. The molecule has 0 spiro atoms. The third kappa shape index (κ3) is 5.41. The van der Waals surface area contributed by atoms with Crippen molar-refractivity contribution in [2.24, 2.45) is 0 Å². The van der Waals surface area contributed by atoms with Crippen molar-refractivity contribution >= 4 is 28.2 Å². The summed E-state index contributed by atoms with van der Waals surface area (Å²) in [5.41, 5.74) is 2.13. The number of piperidine rings is 1. The van der Waals surface area contributed by atoms with E-state index in [-0.39, 0.29) is 5.56 Å². The van der Waals surface area contributed by atoms with Gasteiger partial charge in [-0.3, -0.25) is 9.69 Å². The van der Waals surface area contributed by atoms with Gasteiger partial charge in [-0.15, -0.1) is 0 Å². The first-order chi connectivity index (χ1) is 16.1. The largest absolute Gasteiger partial charge is 0.495 e. The van der Waals surface area contributed by atoms with Gasteiger partial charge in [-0.25, -0.2) is 0 Å².